The molecule has 9 heavy (non-hydrogen) atoms. The van der Waals surface area contributed by atoms with Crippen LogP contribution in [0, 0.1) is 0 Å². The van der Waals surface area contributed by atoms with Gasteiger partial charge in [-0.3, -0.25) is 0 Å². The number of rotatable bonds is 2. The van der Waals surface area contributed by atoms with Gasteiger partial charge in [-0.15, -0.1) is 0 Å². The van der Waals surface area contributed by atoms with Crippen molar-refractivity contribution in [1.29, 1.82) is 0 Å². The zero-order chi connectivity index (χ0) is 7.49. The molecular weight excluding hydrogens is 148 g/mol. The zero-order valence-corrected chi connectivity index (χ0v) is 5.18. The maximum Gasteiger partial charge on any atom is 0.325 e. The minimum Gasteiger partial charge on any atom is -0.378 e. The molecule has 0 unspecified atom stereocenters. The van der Waals surface area contributed by atoms with Crippen molar-refractivity contribution in [3.63, 3.8) is 0 Å². The number of hydrogen-bond donors (Lipinski definition) is 3. The normalized spacial score (nSPS) is 10.8. The van der Waals surface area contributed by atoms with Crippen molar-refractivity contribution >= 4 is 16.1 Å². The van der Waals surface area contributed by atoms with E-state index in [1.807, 2.05) is 0 Å². The molecule has 0 heterocycles. The molecule has 0 rings (SSSR count). The summed E-state index contributed by atoms with van der Waals surface area (Å²) in [7, 11) is -3.89. The summed E-state index contributed by atoms with van der Waals surface area (Å²) in [5.41, 5.74) is 4.41. The first-order valence-electron chi connectivity index (χ1n) is 1.89. The quantitative estimate of drug-likeness (QED) is 0.424. The van der Waals surface area contributed by atoms with Gasteiger partial charge in [0, 0.05) is 0 Å². The van der Waals surface area contributed by atoms with Gasteiger partial charge in [0.2, 0.25) is 0 Å². The molecule has 0 aromatic carbocycles. The molecule has 4 N–H and O–H groups in total. The number of amides is 2. The number of carbonyl (C=O) groups excluding carboxylic acids is 1. The molecule has 54 valence electrons. The second-order valence-corrected chi connectivity index (χ2v) is 2.90. The molecular formula is C2H6N2O4S. The molecule has 0 atom stereocenters. The first-order valence-corrected chi connectivity index (χ1v) is 3.54. The van der Waals surface area contributed by atoms with Gasteiger partial charge in [-0.05, 0) is 0 Å². The van der Waals surface area contributed by atoms with E-state index in [2.05, 4.69) is 5.73 Å². The van der Waals surface area contributed by atoms with Gasteiger partial charge in [-0.2, -0.15) is 0 Å². The van der Waals surface area contributed by atoms with Gasteiger partial charge < -0.3 is 10.8 Å². The summed E-state index contributed by atoms with van der Waals surface area (Å²) in [6.07, 6.45) is 0. The number of aliphatic hydroxyl groups excluding tert-OH is 1. The van der Waals surface area contributed by atoms with E-state index >= 15 is 0 Å². The second kappa shape index (κ2) is 2.65. The van der Waals surface area contributed by atoms with E-state index in [1.165, 1.54) is 4.72 Å². The van der Waals surface area contributed by atoms with E-state index in [1.54, 1.807) is 0 Å². The lowest BCUT2D eigenvalue weighted by Gasteiger charge is -1.96. The first-order chi connectivity index (χ1) is 3.98. The fraction of sp³-hybridized carbons (Fsp3) is 0.500. The molecule has 0 aliphatic carbocycles. The highest BCUT2D eigenvalue weighted by Gasteiger charge is 2.08. The maximum atomic E-state index is 10.1. The largest absolute Gasteiger partial charge is 0.378 e. The van der Waals surface area contributed by atoms with E-state index in [-0.39, 0.29) is 0 Å². The Morgan fingerprint density at radius 2 is 2.11 bits per heavy atom. The molecule has 0 aliphatic heterocycles. The Kier molecular flexibility index (Phi) is 2.41. The van der Waals surface area contributed by atoms with Crippen LogP contribution in [0.2, 0.25) is 0 Å². The topological polar surface area (TPSA) is 109 Å². The molecule has 7 heteroatoms. The van der Waals surface area contributed by atoms with Crippen molar-refractivity contribution in [2.75, 3.05) is 5.94 Å². The second-order valence-electron chi connectivity index (χ2n) is 1.21. The fourth-order valence-corrected chi connectivity index (χ4v) is 0.557. The number of aliphatic hydroxyl groups is 1. The maximum absolute atomic E-state index is 10.1. The highest BCUT2D eigenvalue weighted by molar-refractivity contribution is 7.89. The van der Waals surface area contributed by atoms with Gasteiger partial charge in [-0.1, -0.05) is 0 Å². The first kappa shape index (κ1) is 8.18. The number of carbonyl (C=O) groups is 1. The molecule has 0 saturated carbocycles. The van der Waals surface area contributed by atoms with Crippen molar-refractivity contribution in [2.24, 2.45) is 5.73 Å². The Morgan fingerprint density at radius 1 is 1.67 bits per heavy atom. The predicted molar refractivity (Wildman–Crippen MR) is 28.7 cm³/mol. The van der Waals surface area contributed by atoms with Crippen LogP contribution < -0.4 is 10.5 Å². The molecule has 0 fully saturated rings. The van der Waals surface area contributed by atoms with E-state index in [0.29, 0.717) is 0 Å². The van der Waals surface area contributed by atoms with Crippen LogP contribution in [0.1, 0.15) is 0 Å². The van der Waals surface area contributed by atoms with Gasteiger partial charge in [-0.25, -0.2) is 17.9 Å². The summed E-state index contributed by atoms with van der Waals surface area (Å²) < 4.78 is 21.6. The zero-order valence-electron chi connectivity index (χ0n) is 4.36. The number of primary amides is 1. The Morgan fingerprint density at radius 3 is 2.22 bits per heavy atom. The minimum absolute atomic E-state index is 1.14. The number of nitrogens with one attached hydrogen (secondary N) is 1. The smallest absolute Gasteiger partial charge is 0.325 e. The molecule has 0 radical (unpaired) electrons. The van der Waals surface area contributed by atoms with Gasteiger partial charge in [0.25, 0.3) is 10.0 Å². The van der Waals surface area contributed by atoms with Crippen LogP contribution in [0.15, 0.2) is 0 Å². The fourth-order valence-electron chi connectivity index (χ4n) is 0.186. The summed E-state index contributed by atoms with van der Waals surface area (Å²) >= 11 is 0. The van der Waals surface area contributed by atoms with Crippen molar-refractivity contribution in [1.82, 2.24) is 4.72 Å². The number of urea groups is 1. The molecule has 0 aliphatic rings. The number of nitrogens with two attached hydrogens (primary N) is 1. The Hall–Kier alpha value is -0.820. The molecule has 0 bridgehead atoms. The summed E-state index contributed by atoms with van der Waals surface area (Å²) in [6, 6.07) is -1.20. The summed E-state index contributed by atoms with van der Waals surface area (Å²) in [5.74, 6) is -1.14. The van der Waals surface area contributed by atoms with Crippen LogP contribution in [0.5, 0.6) is 0 Å². The van der Waals surface area contributed by atoms with E-state index in [9.17, 15) is 13.2 Å². The highest BCUT2D eigenvalue weighted by atomic mass is 32.2. The lowest BCUT2D eigenvalue weighted by Crippen LogP contribution is -2.36. The lowest BCUT2D eigenvalue weighted by atomic mass is 11.2. The Labute approximate surface area is 51.7 Å². The number of sulfonamides is 1. The van der Waals surface area contributed by atoms with Crippen molar-refractivity contribution < 1.29 is 18.3 Å². The third-order valence-corrected chi connectivity index (χ3v) is 1.28. The lowest BCUT2D eigenvalue weighted by molar-refractivity contribution is 0.253. The summed E-state index contributed by atoms with van der Waals surface area (Å²) in [5, 5.41) is 7.98. The molecule has 0 saturated heterocycles. The standard InChI is InChI=1S/C2H6N2O4S/c3-2(6)4-9(7,8)1-5/h5H,1H2,(H3,3,4,6). The third-order valence-electron chi connectivity index (χ3n) is 0.426. The van der Waals surface area contributed by atoms with Gasteiger partial charge in [0.15, 0.2) is 5.94 Å². The van der Waals surface area contributed by atoms with Crippen molar-refractivity contribution in [3.05, 3.63) is 0 Å². The number of hydrogen-bond acceptors (Lipinski definition) is 4. The monoisotopic (exact) mass is 154 g/mol. The average molecular weight is 154 g/mol. The SMILES string of the molecule is NC(=O)NS(=O)(=O)CO. The Bertz CT molecular complexity index is 195. The van der Waals surface area contributed by atoms with Crippen LogP contribution in [0.25, 0.3) is 0 Å². The van der Waals surface area contributed by atoms with Crippen LogP contribution in [0.3, 0.4) is 0 Å². The molecule has 0 aromatic heterocycles. The highest BCUT2D eigenvalue weighted by Crippen LogP contribution is 1.76. The summed E-state index contributed by atoms with van der Waals surface area (Å²) in [6.45, 7) is 0. The van der Waals surface area contributed by atoms with E-state index in [4.69, 9.17) is 5.11 Å². The van der Waals surface area contributed by atoms with Crippen LogP contribution in [-0.2, 0) is 10.0 Å². The average Bonchev–Trinajstić information content (AvgIpc) is 1.63. The molecule has 2 amide bonds. The van der Waals surface area contributed by atoms with Gasteiger partial charge in [0.05, 0.1) is 0 Å². The molecule has 0 aromatic rings. The predicted octanol–water partition coefficient (Wildman–Crippen LogP) is -2.07. The molecule has 0 spiro atoms. The molecule has 6 nitrogen and oxygen atoms in total. The summed E-state index contributed by atoms with van der Waals surface area (Å²) in [4.78, 5) is 9.79. The van der Waals surface area contributed by atoms with Crippen molar-refractivity contribution in [2.45, 2.75) is 0 Å². The van der Waals surface area contributed by atoms with E-state index in [0.717, 1.165) is 0 Å². The minimum atomic E-state index is -3.89. The Balaban J connectivity index is 4.06. The van der Waals surface area contributed by atoms with E-state index < -0.39 is 22.0 Å². The van der Waals surface area contributed by atoms with Gasteiger partial charge >= 0.3 is 6.03 Å². The van der Waals surface area contributed by atoms with Crippen LogP contribution in [-0.4, -0.2) is 25.5 Å². The van der Waals surface area contributed by atoms with Crippen molar-refractivity contribution in [3.8, 4) is 0 Å². The van der Waals surface area contributed by atoms with Crippen LogP contribution in [0.4, 0.5) is 4.79 Å². The van der Waals surface area contributed by atoms with Gasteiger partial charge in [0.1, 0.15) is 0 Å². The third kappa shape index (κ3) is 3.74. The van der Waals surface area contributed by atoms with Crippen LogP contribution >= 0.6 is 0 Å².